The van der Waals surface area contributed by atoms with Crippen LogP contribution in [-0.2, 0) is 12.7 Å². The lowest BCUT2D eigenvalue weighted by Crippen LogP contribution is -2.12. The lowest BCUT2D eigenvalue weighted by atomic mass is 10.1. The van der Waals surface area contributed by atoms with Crippen molar-refractivity contribution in [2.75, 3.05) is 5.32 Å². The number of aromatic carboxylic acids is 1. The Morgan fingerprint density at radius 1 is 1.24 bits per heavy atom. The van der Waals surface area contributed by atoms with E-state index in [-0.39, 0.29) is 12.4 Å². The number of benzene rings is 1. The predicted molar refractivity (Wildman–Crippen MR) is 70.0 cm³/mol. The largest absolute Gasteiger partial charge is 0.478 e. The van der Waals surface area contributed by atoms with Gasteiger partial charge in [-0.3, -0.25) is 0 Å². The molecule has 0 bridgehead atoms. The third-order valence-electron chi connectivity index (χ3n) is 2.75. The fourth-order valence-electron chi connectivity index (χ4n) is 1.71. The van der Waals surface area contributed by atoms with Gasteiger partial charge in [0.25, 0.3) is 0 Å². The Labute approximate surface area is 118 Å². The van der Waals surface area contributed by atoms with E-state index in [2.05, 4.69) is 10.3 Å². The molecule has 1 aromatic heterocycles. The highest BCUT2D eigenvalue weighted by Crippen LogP contribution is 2.30. The highest BCUT2D eigenvalue weighted by atomic mass is 19.4. The highest BCUT2D eigenvalue weighted by Gasteiger charge is 2.32. The van der Waals surface area contributed by atoms with Gasteiger partial charge in [0.2, 0.25) is 0 Å². The summed E-state index contributed by atoms with van der Waals surface area (Å²) in [6.07, 6.45) is -4.02. The van der Waals surface area contributed by atoms with E-state index in [1.807, 2.05) is 6.07 Å². The molecule has 0 aliphatic rings. The van der Waals surface area contributed by atoms with E-state index in [0.717, 1.165) is 5.56 Å². The molecule has 0 atom stereocenters. The molecule has 0 radical (unpaired) electrons. The standard InChI is InChI=1S/C14H11F3N2O2/c15-14(16,17)10-6-11(13(20)21)12(19-8-10)18-7-9-4-2-1-3-5-9/h1-6,8H,7H2,(H,18,19)(H,20,21). The first-order chi connectivity index (χ1) is 9.88. The Kier molecular flexibility index (Phi) is 4.11. The fraction of sp³-hybridized carbons (Fsp3) is 0.143. The van der Waals surface area contributed by atoms with Crippen molar-refractivity contribution in [3.05, 3.63) is 59.3 Å². The predicted octanol–water partition coefficient (Wildman–Crippen LogP) is 3.41. The van der Waals surface area contributed by atoms with Crippen molar-refractivity contribution >= 4 is 11.8 Å². The van der Waals surface area contributed by atoms with Crippen LogP contribution in [0.15, 0.2) is 42.6 Å². The van der Waals surface area contributed by atoms with Gasteiger partial charge in [-0.1, -0.05) is 30.3 Å². The molecule has 0 saturated carbocycles. The minimum atomic E-state index is -4.63. The number of pyridine rings is 1. The van der Waals surface area contributed by atoms with E-state index < -0.39 is 23.3 Å². The van der Waals surface area contributed by atoms with Crippen LogP contribution in [0.4, 0.5) is 19.0 Å². The number of halogens is 3. The van der Waals surface area contributed by atoms with E-state index in [1.165, 1.54) is 0 Å². The second-order valence-electron chi connectivity index (χ2n) is 4.26. The summed E-state index contributed by atoms with van der Waals surface area (Å²) < 4.78 is 37.7. The van der Waals surface area contributed by atoms with E-state index in [1.54, 1.807) is 24.3 Å². The van der Waals surface area contributed by atoms with Gasteiger partial charge in [-0.25, -0.2) is 9.78 Å². The first kappa shape index (κ1) is 14.8. The van der Waals surface area contributed by atoms with Crippen LogP contribution in [0.2, 0.25) is 0 Å². The summed E-state index contributed by atoms with van der Waals surface area (Å²) in [7, 11) is 0. The molecule has 7 heteroatoms. The fourth-order valence-corrected chi connectivity index (χ4v) is 1.71. The second kappa shape index (κ2) is 5.82. The third-order valence-corrected chi connectivity index (χ3v) is 2.75. The number of nitrogens with one attached hydrogen (secondary N) is 1. The molecular weight excluding hydrogens is 285 g/mol. The SMILES string of the molecule is O=C(O)c1cc(C(F)(F)F)cnc1NCc1ccccc1. The zero-order chi connectivity index (χ0) is 15.5. The molecule has 0 fully saturated rings. The number of aromatic nitrogens is 1. The Morgan fingerprint density at radius 3 is 2.48 bits per heavy atom. The van der Waals surface area contributed by atoms with Gasteiger partial charge in [-0.2, -0.15) is 13.2 Å². The van der Waals surface area contributed by atoms with Crippen LogP contribution in [0, 0.1) is 0 Å². The van der Waals surface area contributed by atoms with Crippen molar-refractivity contribution in [2.45, 2.75) is 12.7 Å². The molecule has 1 heterocycles. The molecule has 0 spiro atoms. The molecule has 0 aliphatic carbocycles. The summed E-state index contributed by atoms with van der Waals surface area (Å²) in [5, 5.41) is 11.7. The van der Waals surface area contributed by atoms with E-state index >= 15 is 0 Å². The Bertz CT molecular complexity index is 642. The van der Waals surface area contributed by atoms with Crippen LogP contribution < -0.4 is 5.32 Å². The van der Waals surface area contributed by atoms with Crippen LogP contribution in [-0.4, -0.2) is 16.1 Å². The monoisotopic (exact) mass is 296 g/mol. The van der Waals surface area contributed by atoms with Gasteiger partial charge in [0.15, 0.2) is 0 Å². The molecule has 2 N–H and O–H groups in total. The van der Waals surface area contributed by atoms with Gasteiger partial charge >= 0.3 is 12.1 Å². The second-order valence-corrected chi connectivity index (χ2v) is 4.26. The molecule has 2 rings (SSSR count). The van der Waals surface area contributed by atoms with E-state index in [4.69, 9.17) is 5.11 Å². The van der Waals surface area contributed by atoms with Crippen LogP contribution in [0.3, 0.4) is 0 Å². The molecule has 2 aromatic rings. The van der Waals surface area contributed by atoms with Crippen molar-refractivity contribution in [3.8, 4) is 0 Å². The van der Waals surface area contributed by atoms with Gasteiger partial charge in [-0.15, -0.1) is 0 Å². The lowest BCUT2D eigenvalue weighted by molar-refractivity contribution is -0.137. The summed E-state index contributed by atoms with van der Waals surface area (Å²) in [6, 6.07) is 9.60. The molecule has 110 valence electrons. The molecule has 0 saturated heterocycles. The van der Waals surface area contributed by atoms with E-state index in [9.17, 15) is 18.0 Å². The van der Waals surface area contributed by atoms with E-state index in [0.29, 0.717) is 12.3 Å². The number of carbonyl (C=O) groups is 1. The first-order valence-electron chi connectivity index (χ1n) is 5.96. The maximum absolute atomic E-state index is 12.6. The number of nitrogens with zero attached hydrogens (tertiary/aromatic N) is 1. The maximum atomic E-state index is 12.6. The molecular formula is C14H11F3N2O2. The Hall–Kier alpha value is -2.57. The van der Waals surface area contributed by atoms with Gasteiger partial charge in [0.1, 0.15) is 11.4 Å². The molecule has 4 nitrogen and oxygen atoms in total. The number of carboxylic acid groups (broad SMARTS) is 1. The summed E-state index contributed by atoms with van der Waals surface area (Å²) in [6.45, 7) is 0.263. The summed E-state index contributed by atoms with van der Waals surface area (Å²) in [5.74, 6) is -1.57. The average molecular weight is 296 g/mol. The summed E-state index contributed by atoms with van der Waals surface area (Å²) in [5.41, 5.74) is -0.749. The number of rotatable bonds is 4. The highest BCUT2D eigenvalue weighted by molar-refractivity contribution is 5.93. The lowest BCUT2D eigenvalue weighted by Gasteiger charge is -2.12. The molecule has 0 amide bonds. The summed E-state index contributed by atoms with van der Waals surface area (Å²) >= 11 is 0. The maximum Gasteiger partial charge on any atom is 0.417 e. The van der Waals surface area contributed by atoms with Crippen LogP contribution >= 0.6 is 0 Å². The summed E-state index contributed by atoms with van der Waals surface area (Å²) in [4.78, 5) is 14.6. The molecule has 0 unspecified atom stereocenters. The number of hydrogen-bond acceptors (Lipinski definition) is 3. The Balaban J connectivity index is 2.25. The number of alkyl halides is 3. The van der Waals surface area contributed by atoms with Gasteiger partial charge < -0.3 is 10.4 Å². The molecule has 0 aliphatic heterocycles. The minimum Gasteiger partial charge on any atom is -0.478 e. The smallest absolute Gasteiger partial charge is 0.417 e. The number of carboxylic acids is 1. The topological polar surface area (TPSA) is 62.2 Å². The van der Waals surface area contributed by atoms with Crippen molar-refractivity contribution in [2.24, 2.45) is 0 Å². The minimum absolute atomic E-state index is 0.0978. The Morgan fingerprint density at radius 2 is 1.90 bits per heavy atom. The van der Waals surface area contributed by atoms with Crippen molar-refractivity contribution in [1.29, 1.82) is 0 Å². The number of anilines is 1. The quantitative estimate of drug-likeness (QED) is 0.907. The van der Waals surface area contributed by atoms with Gasteiger partial charge in [0.05, 0.1) is 5.56 Å². The van der Waals surface area contributed by atoms with Crippen molar-refractivity contribution in [1.82, 2.24) is 4.98 Å². The first-order valence-corrected chi connectivity index (χ1v) is 5.96. The normalized spacial score (nSPS) is 11.2. The van der Waals surface area contributed by atoms with Crippen LogP contribution in [0.5, 0.6) is 0 Å². The number of hydrogen-bond donors (Lipinski definition) is 2. The zero-order valence-electron chi connectivity index (χ0n) is 10.7. The third kappa shape index (κ3) is 3.71. The van der Waals surface area contributed by atoms with Crippen molar-refractivity contribution in [3.63, 3.8) is 0 Å². The zero-order valence-corrected chi connectivity index (χ0v) is 10.7. The molecule has 21 heavy (non-hydrogen) atoms. The van der Waals surface area contributed by atoms with Gasteiger partial charge in [0, 0.05) is 12.7 Å². The van der Waals surface area contributed by atoms with Crippen LogP contribution in [0.1, 0.15) is 21.5 Å². The van der Waals surface area contributed by atoms with Crippen LogP contribution in [0.25, 0.3) is 0 Å². The van der Waals surface area contributed by atoms with Gasteiger partial charge in [-0.05, 0) is 11.6 Å². The average Bonchev–Trinajstić information content (AvgIpc) is 2.45. The van der Waals surface area contributed by atoms with Crippen molar-refractivity contribution < 1.29 is 23.1 Å². The molecule has 1 aromatic carbocycles.